The predicted molar refractivity (Wildman–Crippen MR) is 110 cm³/mol. The topological polar surface area (TPSA) is 228 Å². The van der Waals surface area contributed by atoms with Gasteiger partial charge in [0, 0.05) is 24.9 Å². The van der Waals surface area contributed by atoms with Gasteiger partial charge in [-0.2, -0.15) is 0 Å². The summed E-state index contributed by atoms with van der Waals surface area (Å²) in [4.78, 5) is 68.0. The van der Waals surface area contributed by atoms with E-state index < -0.39 is 66.4 Å². The molecule has 1 aromatic rings. The number of aromatic nitrogens is 2. The molecule has 0 aliphatic carbocycles. The zero-order valence-corrected chi connectivity index (χ0v) is 17.9. The second-order valence-corrected chi connectivity index (χ2v) is 7.80. The van der Waals surface area contributed by atoms with Crippen molar-refractivity contribution in [2.24, 2.45) is 5.73 Å². The van der Waals surface area contributed by atoms with Crippen LogP contribution in [0.5, 0.6) is 0 Å². The van der Waals surface area contributed by atoms with Crippen molar-refractivity contribution in [2.45, 2.75) is 62.9 Å². The molecule has 5 unspecified atom stereocenters. The van der Waals surface area contributed by atoms with Gasteiger partial charge in [-0.15, -0.1) is 0 Å². The smallest absolute Gasteiger partial charge is 0.326 e. The number of carbonyl (C=O) groups excluding carboxylic acids is 3. The van der Waals surface area contributed by atoms with Crippen LogP contribution in [-0.2, 0) is 30.4 Å². The highest BCUT2D eigenvalue weighted by molar-refractivity contribution is 5.95. The number of carbonyl (C=O) groups is 5. The molecule has 2 rings (SSSR count). The van der Waals surface area contributed by atoms with E-state index in [1.54, 1.807) is 0 Å². The number of imidazole rings is 1. The molecule has 2 heterocycles. The van der Waals surface area contributed by atoms with Crippen molar-refractivity contribution in [3.05, 3.63) is 18.2 Å². The molecule has 33 heavy (non-hydrogen) atoms. The van der Waals surface area contributed by atoms with Gasteiger partial charge in [-0.1, -0.05) is 0 Å². The summed E-state index contributed by atoms with van der Waals surface area (Å²) < 4.78 is 0. The monoisotopic (exact) mass is 468 g/mol. The summed E-state index contributed by atoms with van der Waals surface area (Å²) in [6.07, 6.45) is 1.38. The van der Waals surface area contributed by atoms with Gasteiger partial charge in [-0.05, 0) is 19.8 Å². The lowest BCUT2D eigenvalue weighted by atomic mass is 10.1. The van der Waals surface area contributed by atoms with Gasteiger partial charge in [0.25, 0.3) is 0 Å². The van der Waals surface area contributed by atoms with Crippen molar-refractivity contribution in [3.8, 4) is 0 Å². The number of nitrogens with one attached hydrogen (secondary N) is 3. The molecule has 0 bridgehead atoms. The number of rotatable bonds is 11. The number of aliphatic carboxylic acids is 2. The van der Waals surface area contributed by atoms with Crippen LogP contribution in [0.1, 0.15) is 31.9 Å². The number of carboxylic acids is 2. The molecule has 0 saturated carbocycles. The molecule has 14 heteroatoms. The van der Waals surface area contributed by atoms with E-state index in [4.69, 9.17) is 10.8 Å². The maximum atomic E-state index is 12.8. The Balaban J connectivity index is 2.07. The molecule has 1 aliphatic heterocycles. The van der Waals surface area contributed by atoms with Crippen molar-refractivity contribution >= 4 is 29.7 Å². The van der Waals surface area contributed by atoms with Crippen molar-refractivity contribution in [3.63, 3.8) is 0 Å². The second-order valence-electron chi connectivity index (χ2n) is 7.80. The van der Waals surface area contributed by atoms with Crippen molar-refractivity contribution < 1.29 is 39.3 Å². The molecule has 1 fully saturated rings. The van der Waals surface area contributed by atoms with E-state index in [0.717, 1.165) is 4.90 Å². The third-order valence-corrected chi connectivity index (χ3v) is 5.21. The van der Waals surface area contributed by atoms with Crippen molar-refractivity contribution in [2.75, 3.05) is 6.54 Å². The van der Waals surface area contributed by atoms with Crippen LogP contribution >= 0.6 is 0 Å². The summed E-state index contributed by atoms with van der Waals surface area (Å²) in [5.74, 6) is -4.97. The van der Waals surface area contributed by atoms with Crippen LogP contribution in [0.2, 0.25) is 0 Å². The van der Waals surface area contributed by atoms with E-state index in [9.17, 15) is 34.2 Å². The van der Waals surface area contributed by atoms with E-state index in [0.29, 0.717) is 12.1 Å². The number of aliphatic hydroxyl groups excluding tert-OH is 1. The quantitative estimate of drug-likeness (QED) is 0.176. The Labute approximate surface area is 188 Å². The SMILES string of the molecule is CC(O)C(NC(=O)C1CCCN1C(=O)C(N)CC(=O)O)C(=O)NC(Cc1cnc[nH]1)C(=O)O. The fraction of sp³-hybridized carbons (Fsp3) is 0.579. The Kier molecular flexibility index (Phi) is 8.87. The highest BCUT2D eigenvalue weighted by Gasteiger charge is 2.39. The van der Waals surface area contributed by atoms with Crippen LogP contribution in [0.15, 0.2) is 12.5 Å². The van der Waals surface area contributed by atoms with Crippen LogP contribution in [0.25, 0.3) is 0 Å². The number of likely N-dealkylation sites (tertiary alicyclic amines) is 1. The highest BCUT2D eigenvalue weighted by atomic mass is 16.4. The molecule has 1 aromatic heterocycles. The Hall–Kier alpha value is -3.52. The molecule has 182 valence electrons. The van der Waals surface area contributed by atoms with Gasteiger partial charge >= 0.3 is 11.9 Å². The van der Waals surface area contributed by atoms with Gasteiger partial charge in [0.2, 0.25) is 17.7 Å². The van der Waals surface area contributed by atoms with Crippen LogP contribution in [0, 0.1) is 0 Å². The highest BCUT2D eigenvalue weighted by Crippen LogP contribution is 2.19. The lowest BCUT2D eigenvalue weighted by molar-refractivity contribution is -0.145. The first kappa shape index (κ1) is 25.7. The standard InChI is InChI=1S/C19H28N6O8/c1-9(26)15(17(30)23-12(19(32)33)5-10-7-21-8-22-10)24-16(29)13-3-2-4-25(13)18(31)11(20)6-14(27)28/h7-9,11-13,15,26H,2-6,20H2,1H3,(H,21,22)(H,23,30)(H,24,29)(H,27,28)(H,32,33). The van der Waals surface area contributed by atoms with Crippen molar-refractivity contribution in [1.29, 1.82) is 0 Å². The largest absolute Gasteiger partial charge is 0.481 e. The first-order valence-electron chi connectivity index (χ1n) is 10.3. The van der Waals surface area contributed by atoms with E-state index in [-0.39, 0.29) is 19.4 Å². The van der Waals surface area contributed by atoms with E-state index in [2.05, 4.69) is 20.6 Å². The lowest BCUT2D eigenvalue weighted by Gasteiger charge is -2.29. The maximum absolute atomic E-state index is 12.8. The number of aliphatic hydroxyl groups is 1. The number of carboxylic acid groups (broad SMARTS) is 2. The van der Waals surface area contributed by atoms with Gasteiger partial charge < -0.3 is 41.6 Å². The number of aromatic amines is 1. The van der Waals surface area contributed by atoms with E-state index in [1.807, 2.05) is 0 Å². The molecule has 5 atom stereocenters. The van der Waals surface area contributed by atoms with Crippen LogP contribution in [0.4, 0.5) is 0 Å². The van der Waals surface area contributed by atoms with Crippen LogP contribution < -0.4 is 16.4 Å². The van der Waals surface area contributed by atoms with E-state index >= 15 is 0 Å². The van der Waals surface area contributed by atoms with Crippen molar-refractivity contribution in [1.82, 2.24) is 25.5 Å². The molecule has 0 spiro atoms. The Morgan fingerprint density at radius 2 is 1.97 bits per heavy atom. The minimum absolute atomic E-state index is 0.103. The normalized spacial score (nSPS) is 19.2. The molecular weight excluding hydrogens is 440 g/mol. The summed E-state index contributed by atoms with van der Waals surface area (Å²) in [6, 6.07) is -5.18. The average molecular weight is 468 g/mol. The number of amides is 3. The number of hydrogen-bond donors (Lipinski definition) is 7. The molecule has 1 saturated heterocycles. The summed E-state index contributed by atoms with van der Waals surface area (Å²) in [5.41, 5.74) is 6.08. The zero-order valence-electron chi connectivity index (χ0n) is 17.9. The fourth-order valence-electron chi connectivity index (χ4n) is 3.52. The first-order chi connectivity index (χ1) is 15.5. The predicted octanol–water partition coefficient (Wildman–Crippen LogP) is -2.82. The van der Waals surface area contributed by atoms with E-state index in [1.165, 1.54) is 19.4 Å². The molecule has 0 aromatic carbocycles. The maximum Gasteiger partial charge on any atom is 0.326 e. The van der Waals surface area contributed by atoms with Gasteiger partial charge in [0.1, 0.15) is 18.1 Å². The Bertz CT molecular complexity index is 874. The average Bonchev–Trinajstić information content (AvgIpc) is 3.41. The van der Waals surface area contributed by atoms with Gasteiger partial charge in [0.05, 0.1) is 24.9 Å². The van der Waals surface area contributed by atoms with Crippen LogP contribution in [-0.4, -0.2) is 96.7 Å². The molecule has 3 amide bonds. The van der Waals surface area contributed by atoms with Gasteiger partial charge in [0.15, 0.2) is 0 Å². The molecule has 8 N–H and O–H groups in total. The number of nitrogens with zero attached hydrogens (tertiary/aromatic N) is 2. The Morgan fingerprint density at radius 3 is 2.52 bits per heavy atom. The molecule has 14 nitrogen and oxygen atoms in total. The van der Waals surface area contributed by atoms with Gasteiger partial charge in [-0.25, -0.2) is 9.78 Å². The summed E-state index contributed by atoms with van der Waals surface area (Å²) in [5, 5.41) is 32.9. The first-order valence-corrected chi connectivity index (χ1v) is 10.3. The lowest BCUT2D eigenvalue weighted by Crippen LogP contribution is -2.59. The van der Waals surface area contributed by atoms with Crippen LogP contribution in [0.3, 0.4) is 0 Å². The number of nitrogens with two attached hydrogens (primary N) is 1. The summed E-state index contributed by atoms with van der Waals surface area (Å²) in [6.45, 7) is 1.43. The fourth-order valence-corrected chi connectivity index (χ4v) is 3.52. The molecule has 1 aliphatic rings. The minimum atomic E-state index is -1.49. The number of H-pyrrole nitrogens is 1. The molecule has 0 radical (unpaired) electrons. The third-order valence-electron chi connectivity index (χ3n) is 5.21. The molecular formula is C19H28N6O8. The summed E-state index contributed by atoms with van der Waals surface area (Å²) in [7, 11) is 0. The summed E-state index contributed by atoms with van der Waals surface area (Å²) >= 11 is 0. The minimum Gasteiger partial charge on any atom is -0.481 e. The third kappa shape index (κ3) is 6.98. The zero-order chi connectivity index (χ0) is 24.7. The Morgan fingerprint density at radius 1 is 1.27 bits per heavy atom. The van der Waals surface area contributed by atoms with Gasteiger partial charge in [-0.3, -0.25) is 19.2 Å². The second kappa shape index (κ2) is 11.4. The number of hydrogen-bond acceptors (Lipinski definition) is 8.